The van der Waals surface area contributed by atoms with Gasteiger partial charge in [-0.15, -0.1) is 0 Å². The molecule has 0 unspecified atom stereocenters. The molecular formula is C20H21N3O4S. The lowest BCUT2D eigenvalue weighted by Crippen LogP contribution is -2.37. The Morgan fingerprint density at radius 3 is 2.32 bits per heavy atom. The minimum Gasteiger partial charge on any atom is -0.508 e. The first-order chi connectivity index (χ1) is 13.3. The predicted molar refractivity (Wildman–Crippen MR) is 105 cm³/mol. The highest BCUT2D eigenvalue weighted by atomic mass is 32.2. The van der Waals surface area contributed by atoms with Crippen molar-refractivity contribution in [1.29, 1.82) is 0 Å². The van der Waals surface area contributed by atoms with Gasteiger partial charge in [0.15, 0.2) is 0 Å². The number of carbonyl (C=O) groups excluding carboxylic acids is 1. The maximum atomic E-state index is 13.2. The number of hydrogen-bond acceptors (Lipinski definition) is 5. The minimum absolute atomic E-state index is 0.00232. The number of anilines is 1. The molecule has 0 radical (unpaired) electrons. The Labute approximate surface area is 163 Å². The Kier molecular flexibility index (Phi) is 5.51. The highest BCUT2D eigenvalue weighted by Crippen LogP contribution is 2.27. The van der Waals surface area contributed by atoms with Gasteiger partial charge in [-0.3, -0.25) is 9.48 Å². The van der Waals surface area contributed by atoms with Gasteiger partial charge in [0, 0.05) is 19.7 Å². The third-order valence-electron chi connectivity index (χ3n) is 4.26. The molecule has 8 heteroatoms. The van der Waals surface area contributed by atoms with Crippen LogP contribution in [0.25, 0.3) is 0 Å². The second-order valence-corrected chi connectivity index (χ2v) is 8.30. The monoisotopic (exact) mass is 399 g/mol. The van der Waals surface area contributed by atoms with Crippen molar-refractivity contribution in [3.63, 3.8) is 0 Å². The van der Waals surface area contributed by atoms with Crippen LogP contribution in [0.2, 0.25) is 0 Å². The van der Waals surface area contributed by atoms with E-state index in [1.54, 1.807) is 36.3 Å². The van der Waals surface area contributed by atoms with Crippen LogP contribution in [0.15, 0.2) is 65.8 Å². The summed E-state index contributed by atoms with van der Waals surface area (Å²) in [5.74, 6) is -0.575. The van der Waals surface area contributed by atoms with Gasteiger partial charge in [-0.05, 0) is 55.3 Å². The predicted octanol–water partition coefficient (Wildman–Crippen LogP) is 2.79. The van der Waals surface area contributed by atoms with Gasteiger partial charge in [-0.2, -0.15) is 5.10 Å². The number of aryl methyl sites for hydroxylation is 3. The van der Waals surface area contributed by atoms with Crippen molar-refractivity contribution >= 4 is 21.6 Å². The largest absolute Gasteiger partial charge is 0.508 e. The van der Waals surface area contributed by atoms with E-state index in [-0.39, 0.29) is 22.8 Å². The number of sulfonamides is 1. The van der Waals surface area contributed by atoms with E-state index in [2.05, 4.69) is 5.10 Å². The average molecular weight is 399 g/mol. The molecule has 1 aromatic heterocycles. The van der Waals surface area contributed by atoms with Crippen LogP contribution in [0.4, 0.5) is 5.69 Å². The maximum Gasteiger partial charge on any atom is 0.270 e. The second-order valence-electron chi connectivity index (χ2n) is 6.51. The van der Waals surface area contributed by atoms with Gasteiger partial charge >= 0.3 is 0 Å². The summed E-state index contributed by atoms with van der Waals surface area (Å²) in [5.41, 5.74) is 1.93. The van der Waals surface area contributed by atoms with Gasteiger partial charge in [0.1, 0.15) is 5.75 Å². The van der Waals surface area contributed by atoms with E-state index in [1.807, 2.05) is 6.92 Å². The lowest BCUT2D eigenvalue weighted by molar-refractivity contribution is -0.117. The number of phenols is 1. The van der Waals surface area contributed by atoms with Crippen molar-refractivity contribution in [1.82, 2.24) is 9.78 Å². The maximum absolute atomic E-state index is 13.2. The fourth-order valence-corrected chi connectivity index (χ4v) is 4.22. The van der Waals surface area contributed by atoms with Gasteiger partial charge in [0.25, 0.3) is 10.0 Å². The minimum atomic E-state index is -4.10. The Hall–Kier alpha value is -3.13. The summed E-state index contributed by atoms with van der Waals surface area (Å²) in [6.45, 7) is 1.85. The Morgan fingerprint density at radius 1 is 1.11 bits per heavy atom. The number of nitrogens with zero attached hydrogens (tertiary/aromatic N) is 3. The number of rotatable bonds is 6. The molecule has 0 atom stereocenters. The number of aromatic nitrogens is 2. The molecule has 7 nitrogen and oxygen atoms in total. The number of benzene rings is 2. The average Bonchev–Trinajstić information content (AvgIpc) is 3.07. The van der Waals surface area contributed by atoms with E-state index in [4.69, 9.17) is 0 Å². The molecule has 2 aromatic carbocycles. The van der Waals surface area contributed by atoms with Crippen molar-refractivity contribution in [2.24, 2.45) is 7.05 Å². The molecule has 1 heterocycles. The zero-order chi connectivity index (χ0) is 20.3. The molecular weight excluding hydrogens is 378 g/mol. The molecule has 146 valence electrons. The van der Waals surface area contributed by atoms with Gasteiger partial charge in [0.2, 0.25) is 5.91 Å². The van der Waals surface area contributed by atoms with E-state index < -0.39 is 15.9 Å². The van der Waals surface area contributed by atoms with Crippen LogP contribution in [0.5, 0.6) is 5.75 Å². The number of carbonyl (C=O) groups is 1. The lowest BCUT2D eigenvalue weighted by atomic mass is 10.2. The zero-order valence-corrected chi connectivity index (χ0v) is 16.4. The molecule has 0 saturated heterocycles. The van der Waals surface area contributed by atoms with Crippen molar-refractivity contribution in [3.05, 3.63) is 72.1 Å². The third-order valence-corrected chi connectivity index (χ3v) is 6.02. The quantitative estimate of drug-likeness (QED) is 0.688. The molecule has 0 saturated carbocycles. The molecule has 1 N–H and O–H groups in total. The van der Waals surface area contributed by atoms with Crippen LogP contribution in [-0.2, 0) is 28.3 Å². The number of amides is 1. The zero-order valence-electron chi connectivity index (χ0n) is 15.6. The summed E-state index contributed by atoms with van der Waals surface area (Å²) >= 11 is 0. The molecule has 0 aliphatic carbocycles. The van der Waals surface area contributed by atoms with Crippen LogP contribution < -0.4 is 4.31 Å². The van der Waals surface area contributed by atoms with Crippen LogP contribution in [0.1, 0.15) is 17.5 Å². The fraction of sp³-hybridized carbons (Fsp3) is 0.200. The fourth-order valence-electron chi connectivity index (χ4n) is 2.77. The standard InChI is InChI=1S/C20H21N3O4S/c1-15-3-10-19(11-4-15)28(26,27)23(17-6-8-18(24)9-7-17)20(25)12-5-16-13-21-22(2)14-16/h3-4,6-11,13-14,24H,5,12H2,1-2H3. The second kappa shape index (κ2) is 7.85. The van der Waals surface area contributed by atoms with E-state index in [0.717, 1.165) is 15.4 Å². The summed E-state index contributed by atoms with van der Waals surface area (Å²) < 4.78 is 28.8. The van der Waals surface area contributed by atoms with Crippen molar-refractivity contribution in [3.8, 4) is 5.75 Å². The molecule has 0 spiro atoms. The summed E-state index contributed by atoms with van der Waals surface area (Å²) in [5, 5.41) is 13.6. The number of phenolic OH excluding ortho intramolecular Hbond substituents is 1. The van der Waals surface area contributed by atoms with E-state index >= 15 is 0 Å². The van der Waals surface area contributed by atoms with Gasteiger partial charge in [-0.1, -0.05) is 17.7 Å². The summed E-state index contributed by atoms with van der Waals surface area (Å²) in [6.07, 6.45) is 3.79. The smallest absolute Gasteiger partial charge is 0.270 e. The first-order valence-corrected chi connectivity index (χ1v) is 10.1. The summed E-state index contributed by atoms with van der Waals surface area (Å²) in [6, 6.07) is 11.8. The Bertz CT molecular complexity index is 1070. The molecule has 1 amide bonds. The molecule has 0 aliphatic rings. The summed E-state index contributed by atoms with van der Waals surface area (Å²) in [7, 11) is -2.33. The number of aromatic hydroxyl groups is 1. The first kappa shape index (κ1) is 19.6. The molecule has 0 aliphatic heterocycles. The van der Waals surface area contributed by atoms with E-state index in [9.17, 15) is 18.3 Å². The van der Waals surface area contributed by atoms with Crippen LogP contribution >= 0.6 is 0 Å². The highest BCUT2D eigenvalue weighted by molar-refractivity contribution is 7.93. The lowest BCUT2D eigenvalue weighted by Gasteiger charge is -2.23. The number of hydrogen-bond donors (Lipinski definition) is 1. The summed E-state index contributed by atoms with van der Waals surface area (Å²) in [4.78, 5) is 13.0. The normalized spacial score (nSPS) is 11.4. The topological polar surface area (TPSA) is 92.5 Å². The Balaban J connectivity index is 1.95. The molecule has 3 rings (SSSR count). The molecule has 0 fully saturated rings. The van der Waals surface area contributed by atoms with Gasteiger partial charge < -0.3 is 5.11 Å². The third kappa shape index (κ3) is 4.23. The molecule has 3 aromatic rings. The van der Waals surface area contributed by atoms with Crippen LogP contribution in [0, 0.1) is 6.92 Å². The molecule has 28 heavy (non-hydrogen) atoms. The Morgan fingerprint density at radius 2 is 1.75 bits per heavy atom. The van der Waals surface area contributed by atoms with Crippen molar-refractivity contribution in [2.45, 2.75) is 24.7 Å². The van der Waals surface area contributed by atoms with Crippen molar-refractivity contribution in [2.75, 3.05) is 4.31 Å². The van der Waals surface area contributed by atoms with Crippen LogP contribution in [0.3, 0.4) is 0 Å². The van der Waals surface area contributed by atoms with E-state index in [0.29, 0.717) is 6.42 Å². The highest BCUT2D eigenvalue weighted by Gasteiger charge is 2.30. The molecule has 0 bridgehead atoms. The van der Waals surface area contributed by atoms with Crippen molar-refractivity contribution < 1.29 is 18.3 Å². The van der Waals surface area contributed by atoms with Crippen LogP contribution in [-0.4, -0.2) is 29.2 Å². The van der Waals surface area contributed by atoms with Gasteiger partial charge in [0.05, 0.1) is 16.8 Å². The van der Waals surface area contributed by atoms with E-state index in [1.165, 1.54) is 36.4 Å². The first-order valence-electron chi connectivity index (χ1n) is 8.69. The SMILES string of the molecule is Cc1ccc(S(=O)(=O)N(C(=O)CCc2cnn(C)c2)c2ccc(O)cc2)cc1. The van der Waals surface area contributed by atoms with Gasteiger partial charge in [-0.25, -0.2) is 12.7 Å².